The lowest BCUT2D eigenvalue weighted by Crippen LogP contribution is -2.43. The van der Waals surface area contributed by atoms with E-state index < -0.39 is 9.84 Å². The quantitative estimate of drug-likeness (QED) is 0.817. The van der Waals surface area contributed by atoms with Crippen molar-refractivity contribution < 1.29 is 13.2 Å². The lowest BCUT2D eigenvalue weighted by Gasteiger charge is -2.26. The highest BCUT2D eigenvalue weighted by molar-refractivity contribution is 7.91. The second kappa shape index (κ2) is 5.61. The summed E-state index contributed by atoms with van der Waals surface area (Å²) in [5, 5.41) is 0. The van der Waals surface area contributed by atoms with Crippen molar-refractivity contribution in [2.24, 2.45) is 0 Å². The van der Waals surface area contributed by atoms with E-state index in [-0.39, 0.29) is 17.4 Å². The Kier molecular flexibility index (Phi) is 4.09. The van der Waals surface area contributed by atoms with Crippen molar-refractivity contribution in [2.75, 3.05) is 30.3 Å². The zero-order chi connectivity index (χ0) is 13.9. The Balaban J connectivity index is 1.83. The summed E-state index contributed by atoms with van der Waals surface area (Å²) in [4.78, 5) is 13.6. The molecule has 2 N–H and O–H groups in total. The number of carbonyl (C=O) groups is 1. The van der Waals surface area contributed by atoms with E-state index >= 15 is 0 Å². The highest BCUT2D eigenvalue weighted by Gasteiger charge is 2.24. The topological polar surface area (TPSA) is 80.5 Å². The number of aryl methyl sites for hydroxylation is 1. The Hall–Kier alpha value is -1.56. The molecule has 1 amide bonds. The summed E-state index contributed by atoms with van der Waals surface area (Å²) in [7, 11) is -2.93. The summed E-state index contributed by atoms with van der Waals surface area (Å²) in [5.41, 5.74) is 7.36. The van der Waals surface area contributed by atoms with Crippen LogP contribution in [0, 0.1) is 0 Å². The van der Waals surface area contributed by atoms with Crippen LogP contribution in [0.3, 0.4) is 0 Å². The van der Waals surface area contributed by atoms with Crippen molar-refractivity contribution in [3.8, 4) is 0 Å². The fraction of sp³-hybridized carbons (Fsp3) is 0.462. The fourth-order valence-electron chi connectivity index (χ4n) is 2.06. The summed E-state index contributed by atoms with van der Waals surface area (Å²) >= 11 is 0. The monoisotopic (exact) mass is 282 g/mol. The van der Waals surface area contributed by atoms with Crippen molar-refractivity contribution in [2.45, 2.75) is 12.8 Å². The number of rotatable bonds is 3. The Morgan fingerprint density at radius 2 is 1.74 bits per heavy atom. The first kappa shape index (κ1) is 13.9. The van der Waals surface area contributed by atoms with Gasteiger partial charge in [-0.2, -0.15) is 0 Å². The molecule has 1 aliphatic rings. The first-order valence-electron chi connectivity index (χ1n) is 6.29. The van der Waals surface area contributed by atoms with Crippen molar-refractivity contribution in [1.82, 2.24) is 4.90 Å². The molecular weight excluding hydrogens is 264 g/mol. The van der Waals surface area contributed by atoms with Gasteiger partial charge in [-0.1, -0.05) is 12.1 Å². The van der Waals surface area contributed by atoms with Gasteiger partial charge in [-0.05, 0) is 24.1 Å². The van der Waals surface area contributed by atoms with E-state index in [9.17, 15) is 13.2 Å². The number of hydrogen-bond donors (Lipinski definition) is 1. The van der Waals surface area contributed by atoms with Crippen molar-refractivity contribution >= 4 is 21.4 Å². The number of benzene rings is 1. The minimum Gasteiger partial charge on any atom is -0.399 e. The second-order valence-electron chi connectivity index (χ2n) is 4.77. The molecule has 6 heteroatoms. The van der Waals surface area contributed by atoms with Gasteiger partial charge >= 0.3 is 0 Å². The summed E-state index contributed by atoms with van der Waals surface area (Å²) in [5.74, 6) is 0.188. The van der Waals surface area contributed by atoms with Gasteiger partial charge in [-0.3, -0.25) is 4.79 Å². The van der Waals surface area contributed by atoms with Crippen LogP contribution in [0.15, 0.2) is 24.3 Å². The van der Waals surface area contributed by atoms with Gasteiger partial charge in [0.25, 0.3) is 0 Å². The standard InChI is InChI=1S/C13H18N2O3S/c14-12-4-1-11(2-5-12)3-6-13(16)15-7-9-19(17,18)10-8-15/h1-2,4-5H,3,6-10,14H2. The second-order valence-corrected chi connectivity index (χ2v) is 7.08. The van der Waals surface area contributed by atoms with E-state index in [0.717, 1.165) is 5.56 Å². The average molecular weight is 282 g/mol. The predicted octanol–water partition coefficient (Wildman–Crippen LogP) is 0.458. The van der Waals surface area contributed by atoms with Gasteiger partial charge in [-0.25, -0.2) is 8.42 Å². The number of carbonyl (C=O) groups excluding carboxylic acids is 1. The molecule has 0 atom stereocenters. The maximum Gasteiger partial charge on any atom is 0.222 e. The van der Waals surface area contributed by atoms with Crippen LogP contribution in [0.1, 0.15) is 12.0 Å². The first-order valence-corrected chi connectivity index (χ1v) is 8.11. The molecule has 0 bridgehead atoms. The zero-order valence-corrected chi connectivity index (χ0v) is 11.5. The van der Waals surface area contributed by atoms with E-state index in [0.29, 0.717) is 31.6 Å². The highest BCUT2D eigenvalue weighted by Crippen LogP contribution is 2.10. The normalized spacial score (nSPS) is 18.2. The zero-order valence-electron chi connectivity index (χ0n) is 10.7. The Labute approximate surface area is 113 Å². The molecule has 19 heavy (non-hydrogen) atoms. The molecule has 0 aromatic heterocycles. The molecule has 1 aromatic rings. The molecule has 1 saturated heterocycles. The van der Waals surface area contributed by atoms with Crippen molar-refractivity contribution in [3.63, 3.8) is 0 Å². The van der Waals surface area contributed by atoms with Gasteiger partial charge in [0.05, 0.1) is 11.5 Å². The van der Waals surface area contributed by atoms with E-state index in [1.807, 2.05) is 24.3 Å². The number of anilines is 1. The maximum absolute atomic E-state index is 12.0. The third-order valence-electron chi connectivity index (χ3n) is 3.30. The third-order valence-corrected chi connectivity index (χ3v) is 4.91. The number of nitrogens with zero attached hydrogens (tertiary/aromatic N) is 1. The smallest absolute Gasteiger partial charge is 0.222 e. The Morgan fingerprint density at radius 1 is 1.16 bits per heavy atom. The maximum atomic E-state index is 12.0. The molecule has 1 aliphatic heterocycles. The highest BCUT2D eigenvalue weighted by atomic mass is 32.2. The van der Waals surface area contributed by atoms with Gasteiger partial charge in [0.2, 0.25) is 5.91 Å². The summed E-state index contributed by atoms with van der Waals surface area (Å²) in [6.45, 7) is 0.645. The van der Waals surface area contributed by atoms with Crippen LogP contribution in [0.5, 0.6) is 0 Å². The fourth-order valence-corrected chi connectivity index (χ4v) is 3.26. The third kappa shape index (κ3) is 3.96. The molecule has 0 spiro atoms. The van der Waals surface area contributed by atoms with Crippen molar-refractivity contribution in [3.05, 3.63) is 29.8 Å². The van der Waals surface area contributed by atoms with Crippen molar-refractivity contribution in [1.29, 1.82) is 0 Å². The molecule has 0 radical (unpaired) electrons. The molecule has 1 aromatic carbocycles. The largest absolute Gasteiger partial charge is 0.399 e. The SMILES string of the molecule is Nc1ccc(CCC(=O)N2CCS(=O)(=O)CC2)cc1. The molecule has 104 valence electrons. The molecular formula is C13H18N2O3S. The Morgan fingerprint density at radius 3 is 2.32 bits per heavy atom. The molecule has 0 aliphatic carbocycles. The van der Waals surface area contributed by atoms with E-state index in [1.54, 1.807) is 4.90 Å². The minimum atomic E-state index is -2.93. The number of nitrogen functional groups attached to an aromatic ring is 1. The van der Waals surface area contributed by atoms with E-state index in [1.165, 1.54) is 0 Å². The number of sulfone groups is 1. The number of nitrogens with two attached hydrogens (primary N) is 1. The van der Waals surface area contributed by atoms with Crippen LogP contribution in [0.2, 0.25) is 0 Å². The molecule has 0 unspecified atom stereocenters. The lowest BCUT2D eigenvalue weighted by atomic mass is 10.1. The van der Waals surface area contributed by atoms with Gasteiger partial charge in [0, 0.05) is 25.2 Å². The first-order chi connectivity index (χ1) is 8.96. The van der Waals surface area contributed by atoms with Crippen LogP contribution >= 0.6 is 0 Å². The lowest BCUT2D eigenvalue weighted by molar-refractivity contribution is -0.130. The van der Waals surface area contributed by atoms with Crippen LogP contribution in [-0.2, 0) is 21.1 Å². The minimum absolute atomic E-state index is 0.0201. The van der Waals surface area contributed by atoms with Gasteiger partial charge in [0.1, 0.15) is 0 Å². The summed E-state index contributed by atoms with van der Waals surface area (Å²) in [6, 6.07) is 7.44. The number of amides is 1. The summed E-state index contributed by atoms with van der Waals surface area (Å²) < 4.78 is 22.6. The van der Waals surface area contributed by atoms with Gasteiger partial charge < -0.3 is 10.6 Å². The van der Waals surface area contributed by atoms with Crippen LogP contribution in [-0.4, -0.2) is 43.8 Å². The van der Waals surface area contributed by atoms with Crippen LogP contribution in [0.4, 0.5) is 5.69 Å². The molecule has 2 rings (SSSR count). The van der Waals surface area contributed by atoms with Crippen LogP contribution < -0.4 is 5.73 Å². The molecule has 1 fully saturated rings. The average Bonchev–Trinajstić information content (AvgIpc) is 2.37. The van der Waals surface area contributed by atoms with E-state index in [4.69, 9.17) is 5.73 Å². The Bertz CT molecular complexity index is 538. The van der Waals surface area contributed by atoms with E-state index in [2.05, 4.69) is 0 Å². The van der Waals surface area contributed by atoms with Crippen LogP contribution in [0.25, 0.3) is 0 Å². The summed E-state index contributed by atoms with van der Waals surface area (Å²) in [6.07, 6.45) is 1.06. The predicted molar refractivity (Wildman–Crippen MR) is 74.4 cm³/mol. The van der Waals surface area contributed by atoms with Gasteiger partial charge in [-0.15, -0.1) is 0 Å². The van der Waals surface area contributed by atoms with Gasteiger partial charge in [0.15, 0.2) is 9.84 Å². The molecule has 5 nitrogen and oxygen atoms in total. The number of hydrogen-bond acceptors (Lipinski definition) is 4. The molecule has 0 saturated carbocycles. The molecule has 1 heterocycles.